The fourth-order valence-electron chi connectivity index (χ4n) is 2.50. The van der Waals surface area contributed by atoms with Crippen molar-refractivity contribution in [3.05, 3.63) is 71.9 Å². The van der Waals surface area contributed by atoms with Gasteiger partial charge in [-0.2, -0.15) is 10.2 Å². The number of para-hydroxylation sites is 1. The van der Waals surface area contributed by atoms with Crippen molar-refractivity contribution in [1.29, 1.82) is 0 Å². The molecule has 0 bridgehead atoms. The summed E-state index contributed by atoms with van der Waals surface area (Å²) < 4.78 is 10.4. The molecule has 1 heterocycles. The number of carbonyl (C=O) groups excluding carboxylic acids is 1. The molecule has 0 saturated carbocycles. The summed E-state index contributed by atoms with van der Waals surface area (Å²) in [7, 11) is 3.23. The average Bonchev–Trinajstić information content (AvgIpc) is 3.24. The number of aromatic nitrogens is 2. The van der Waals surface area contributed by atoms with E-state index in [0.29, 0.717) is 11.4 Å². The number of hydrazone groups is 1. The molecule has 0 aliphatic heterocycles. The monoisotopic (exact) mass is 376 g/mol. The first kappa shape index (κ1) is 18.9. The number of carbonyl (C=O) groups is 1. The summed E-state index contributed by atoms with van der Waals surface area (Å²) in [4.78, 5) is 12.2. The third-order valence-electron chi connectivity index (χ3n) is 3.95. The van der Waals surface area contributed by atoms with Crippen LogP contribution in [0.15, 0.2) is 65.8 Å². The van der Waals surface area contributed by atoms with Crippen molar-refractivity contribution < 1.29 is 14.3 Å². The Hall–Kier alpha value is -3.87. The van der Waals surface area contributed by atoms with Gasteiger partial charge in [0.1, 0.15) is 17.2 Å². The molecule has 0 radical (unpaired) electrons. The molecule has 3 rings (SSSR count). The molecule has 0 spiro atoms. The van der Waals surface area contributed by atoms with E-state index < -0.39 is 0 Å². The van der Waals surface area contributed by atoms with E-state index in [1.165, 1.54) is 6.21 Å². The van der Waals surface area contributed by atoms with Crippen molar-refractivity contribution in [1.82, 2.24) is 15.6 Å². The number of ether oxygens (including phenoxy) is 2. The standard InChI is InChI=1S/C21H20N4O3/c1-27-17-11-9-15(10-12-17)18-14-19(24-23-18)21(26)25-22-13-5-7-16-6-3-4-8-20(16)28-2/h3-14H,1-2H3,(H,23,24)(H,25,26)/b7-5+,22-13+. The second kappa shape index (κ2) is 9.18. The van der Waals surface area contributed by atoms with E-state index in [0.717, 1.165) is 22.6 Å². The highest BCUT2D eigenvalue weighted by atomic mass is 16.5. The Bertz CT molecular complexity index is 991. The van der Waals surface area contributed by atoms with Crippen molar-refractivity contribution in [2.75, 3.05) is 14.2 Å². The van der Waals surface area contributed by atoms with E-state index in [4.69, 9.17) is 9.47 Å². The number of H-pyrrole nitrogens is 1. The highest BCUT2D eigenvalue weighted by molar-refractivity contribution is 5.94. The molecule has 0 saturated heterocycles. The van der Waals surface area contributed by atoms with Crippen LogP contribution in [0.5, 0.6) is 11.5 Å². The van der Waals surface area contributed by atoms with Crippen LogP contribution in [0.25, 0.3) is 17.3 Å². The van der Waals surface area contributed by atoms with Crippen LogP contribution in [0.4, 0.5) is 0 Å². The van der Waals surface area contributed by atoms with E-state index >= 15 is 0 Å². The number of hydrogen-bond acceptors (Lipinski definition) is 5. The fourth-order valence-corrected chi connectivity index (χ4v) is 2.50. The molecule has 28 heavy (non-hydrogen) atoms. The normalized spacial score (nSPS) is 11.1. The number of rotatable bonds is 7. The molecule has 0 atom stereocenters. The van der Waals surface area contributed by atoms with E-state index in [1.54, 1.807) is 26.4 Å². The Kier molecular flexibility index (Phi) is 6.20. The van der Waals surface area contributed by atoms with Crippen LogP contribution in [0.1, 0.15) is 16.1 Å². The number of benzene rings is 2. The van der Waals surface area contributed by atoms with Gasteiger partial charge in [-0.05, 0) is 48.6 Å². The van der Waals surface area contributed by atoms with Crippen LogP contribution in [0.2, 0.25) is 0 Å². The smallest absolute Gasteiger partial charge is 0.289 e. The Balaban J connectivity index is 1.58. The summed E-state index contributed by atoms with van der Waals surface area (Å²) in [5, 5.41) is 10.8. The van der Waals surface area contributed by atoms with Crippen LogP contribution in [0.3, 0.4) is 0 Å². The number of allylic oxidation sites excluding steroid dienone is 1. The Labute approximate surface area is 162 Å². The number of amides is 1. The Morgan fingerprint density at radius 1 is 1.11 bits per heavy atom. The average molecular weight is 376 g/mol. The maximum atomic E-state index is 12.2. The van der Waals surface area contributed by atoms with Crippen LogP contribution in [-0.2, 0) is 0 Å². The lowest BCUT2D eigenvalue weighted by molar-refractivity contribution is 0.0950. The van der Waals surface area contributed by atoms with Gasteiger partial charge in [0, 0.05) is 17.3 Å². The topological polar surface area (TPSA) is 88.6 Å². The van der Waals surface area contributed by atoms with Crippen LogP contribution < -0.4 is 14.9 Å². The molecule has 0 fully saturated rings. The summed E-state index contributed by atoms with van der Waals surface area (Å²) in [6.45, 7) is 0. The molecule has 1 aromatic heterocycles. The van der Waals surface area contributed by atoms with Crippen LogP contribution in [0, 0.1) is 0 Å². The van der Waals surface area contributed by atoms with Gasteiger partial charge in [-0.3, -0.25) is 9.89 Å². The quantitative estimate of drug-likeness (QED) is 0.488. The number of hydrogen-bond donors (Lipinski definition) is 2. The molecular weight excluding hydrogens is 356 g/mol. The predicted octanol–water partition coefficient (Wildman–Crippen LogP) is 3.52. The van der Waals surface area contributed by atoms with E-state index in [2.05, 4.69) is 20.7 Å². The second-order valence-electron chi connectivity index (χ2n) is 5.72. The third kappa shape index (κ3) is 4.64. The van der Waals surface area contributed by atoms with Gasteiger partial charge in [0.15, 0.2) is 0 Å². The number of aromatic amines is 1. The van der Waals surface area contributed by atoms with Crippen LogP contribution in [-0.4, -0.2) is 36.5 Å². The Morgan fingerprint density at radius 3 is 2.64 bits per heavy atom. The van der Waals surface area contributed by atoms with Gasteiger partial charge in [-0.1, -0.05) is 18.2 Å². The van der Waals surface area contributed by atoms with Gasteiger partial charge < -0.3 is 9.47 Å². The summed E-state index contributed by atoms with van der Waals surface area (Å²) in [5.41, 5.74) is 5.22. The molecule has 142 valence electrons. The van der Waals surface area contributed by atoms with Crippen molar-refractivity contribution >= 4 is 18.2 Å². The zero-order valence-electron chi connectivity index (χ0n) is 15.5. The Morgan fingerprint density at radius 2 is 1.89 bits per heavy atom. The molecule has 0 unspecified atom stereocenters. The SMILES string of the molecule is COc1ccc(-c2cc(C(=O)N/N=C/C=C/c3ccccc3OC)[nH]n2)cc1. The maximum absolute atomic E-state index is 12.2. The summed E-state index contributed by atoms with van der Waals surface area (Å²) in [6.07, 6.45) is 5.05. The lowest BCUT2D eigenvalue weighted by atomic mass is 10.1. The van der Waals surface area contributed by atoms with Gasteiger partial charge in [0.05, 0.1) is 19.9 Å². The van der Waals surface area contributed by atoms with Crippen molar-refractivity contribution in [2.24, 2.45) is 5.10 Å². The molecule has 1 amide bonds. The molecular formula is C21H20N4O3. The van der Waals surface area contributed by atoms with Gasteiger partial charge in [0.2, 0.25) is 0 Å². The van der Waals surface area contributed by atoms with Crippen molar-refractivity contribution in [3.63, 3.8) is 0 Å². The number of nitrogens with one attached hydrogen (secondary N) is 2. The number of nitrogens with zero attached hydrogens (tertiary/aromatic N) is 2. The molecule has 0 aliphatic carbocycles. The zero-order valence-corrected chi connectivity index (χ0v) is 15.5. The lowest BCUT2D eigenvalue weighted by Crippen LogP contribution is -2.17. The minimum Gasteiger partial charge on any atom is -0.497 e. The van der Waals surface area contributed by atoms with Gasteiger partial charge in [-0.15, -0.1) is 0 Å². The molecule has 2 aromatic carbocycles. The highest BCUT2D eigenvalue weighted by Gasteiger charge is 2.10. The first-order valence-electron chi connectivity index (χ1n) is 8.54. The predicted molar refractivity (Wildman–Crippen MR) is 109 cm³/mol. The maximum Gasteiger partial charge on any atom is 0.289 e. The first-order valence-corrected chi connectivity index (χ1v) is 8.54. The number of methoxy groups -OCH3 is 2. The first-order chi connectivity index (χ1) is 13.7. The van der Waals surface area contributed by atoms with E-state index in [9.17, 15) is 4.79 Å². The summed E-state index contributed by atoms with van der Waals surface area (Å²) in [5.74, 6) is 1.14. The summed E-state index contributed by atoms with van der Waals surface area (Å²) in [6, 6.07) is 16.7. The fraction of sp³-hybridized carbons (Fsp3) is 0.0952. The largest absolute Gasteiger partial charge is 0.497 e. The molecule has 2 N–H and O–H groups in total. The van der Waals surface area contributed by atoms with Crippen molar-refractivity contribution in [2.45, 2.75) is 0 Å². The second-order valence-corrected chi connectivity index (χ2v) is 5.72. The molecule has 7 nitrogen and oxygen atoms in total. The highest BCUT2D eigenvalue weighted by Crippen LogP contribution is 2.21. The summed E-state index contributed by atoms with van der Waals surface area (Å²) >= 11 is 0. The third-order valence-corrected chi connectivity index (χ3v) is 3.95. The van der Waals surface area contributed by atoms with Gasteiger partial charge in [0.25, 0.3) is 5.91 Å². The minimum absolute atomic E-state index is 0.316. The molecule has 7 heteroatoms. The van der Waals surface area contributed by atoms with Gasteiger partial charge in [-0.25, -0.2) is 5.43 Å². The minimum atomic E-state index is -0.380. The zero-order chi connectivity index (χ0) is 19.8. The van der Waals surface area contributed by atoms with Gasteiger partial charge >= 0.3 is 0 Å². The molecule has 3 aromatic rings. The van der Waals surface area contributed by atoms with E-state index in [1.807, 2.05) is 54.6 Å². The molecule has 0 aliphatic rings. The lowest BCUT2D eigenvalue weighted by Gasteiger charge is -2.02. The van der Waals surface area contributed by atoms with Crippen molar-refractivity contribution in [3.8, 4) is 22.8 Å². The van der Waals surface area contributed by atoms with Crippen LogP contribution >= 0.6 is 0 Å². The van der Waals surface area contributed by atoms with E-state index in [-0.39, 0.29) is 5.91 Å².